The number of hydrogen-bond donors (Lipinski definition) is 0. The molecule has 2 aliphatic rings. The summed E-state index contributed by atoms with van der Waals surface area (Å²) in [5.41, 5.74) is -0.780. The molecule has 2 saturated heterocycles. The molecular weight excluding hydrogens is 308 g/mol. The van der Waals surface area contributed by atoms with Crippen molar-refractivity contribution in [3.05, 3.63) is 18.2 Å². The van der Waals surface area contributed by atoms with Gasteiger partial charge in [-0.05, 0) is 13.3 Å². The van der Waals surface area contributed by atoms with Gasteiger partial charge in [0.15, 0.2) is 5.60 Å². The second-order valence-corrected chi connectivity index (χ2v) is 6.73. The van der Waals surface area contributed by atoms with Crippen LogP contribution in [0.4, 0.5) is 0 Å². The smallest absolute Gasteiger partial charge is 0.256 e. The second kappa shape index (κ2) is 7.63. The number of carbonyl (C=O) groups excluding carboxylic acids is 1. The number of carbonyl (C=O) groups is 1. The Bertz CT molecular complexity index is 556. The van der Waals surface area contributed by atoms with Crippen LogP contribution in [0.25, 0.3) is 0 Å². The van der Waals surface area contributed by atoms with E-state index in [4.69, 9.17) is 9.47 Å². The van der Waals surface area contributed by atoms with Gasteiger partial charge in [-0.3, -0.25) is 9.69 Å². The molecule has 2 fully saturated rings. The van der Waals surface area contributed by atoms with Gasteiger partial charge in [-0.1, -0.05) is 6.92 Å². The average molecular weight is 336 g/mol. The highest BCUT2D eigenvalue weighted by Gasteiger charge is 2.42. The van der Waals surface area contributed by atoms with Crippen molar-refractivity contribution in [3.63, 3.8) is 0 Å². The van der Waals surface area contributed by atoms with Gasteiger partial charge in [-0.2, -0.15) is 0 Å². The second-order valence-electron chi connectivity index (χ2n) is 6.73. The third kappa shape index (κ3) is 3.79. The Morgan fingerprint density at radius 2 is 2.08 bits per heavy atom. The van der Waals surface area contributed by atoms with E-state index in [-0.39, 0.29) is 5.91 Å². The zero-order chi connectivity index (χ0) is 17.0. The van der Waals surface area contributed by atoms with E-state index in [0.717, 1.165) is 31.9 Å². The molecular formula is C17H28N4O3. The summed E-state index contributed by atoms with van der Waals surface area (Å²) in [6.07, 6.45) is 4.96. The van der Waals surface area contributed by atoms with Crippen molar-refractivity contribution < 1.29 is 14.3 Å². The van der Waals surface area contributed by atoms with E-state index in [1.54, 1.807) is 0 Å². The number of nitrogens with zero attached hydrogens (tertiary/aromatic N) is 4. The fourth-order valence-corrected chi connectivity index (χ4v) is 3.45. The van der Waals surface area contributed by atoms with Gasteiger partial charge >= 0.3 is 0 Å². The van der Waals surface area contributed by atoms with Crippen LogP contribution in [0.3, 0.4) is 0 Å². The first-order chi connectivity index (χ1) is 11.6. The van der Waals surface area contributed by atoms with Crippen LogP contribution >= 0.6 is 0 Å². The van der Waals surface area contributed by atoms with Crippen LogP contribution in [0, 0.1) is 0 Å². The summed E-state index contributed by atoms with van der Waals surface area (Å²) in [5, 5.41) is 0. The molecule has 0 saturated carbocycles. The molecule has 3 rings (SSSR count). The lowest BCUT2D eigenvalue weighted by Crippen LogP contribution is -2.60. The Labute approximate surface area is 143 Å². The van der Waals surface area contributed by atoms with Crippen LogP contribution in [0.5, 0.6) is 0 Å². The van der Waals surface area contributed by atoms with Crippen molar-refractivity contribution in [2.75, 3.05) is 46.0 Å². The number of aryl methyl sites for hydroxylation is 1. The minimum atomic E-state index is -0.780. The van der Waals surface area contributed by atoms with Crippen LogP contribution < -0.4 is 0 Å². The Morgan fingerprint density at radius 1 is 1.29 bits per heavy atom. The lowest BCUT2D eigenvalue weighted by atomic mass is 10.0. The lowest BCUT2D eigenvalue weighted by molar-refractivity contribution is -0.171. The van der Waals surface area contributed by atoms with Gasteiger partial charge in [-0.25, -0.2) is 4.98 Å². The van der Waals surface area contributed by atoms with Crippen LogP contribution in [0.2, 0.25) is 0 Å². The van der Waals surface area contributed by atoms with Gasteiger partial charge < -0.3 is 18.9 Å². The fourth-order valence-electron chi connectivity index (χ4n) is 3.45. The molecule has 24 heavy (non-hydrogen) atoms. The number of imidazole rings is 1. The number of morpholine rings is 2. The summed E-state index contributed by atoms with van der Waals surface area (Å²) in [4.78, 5) is 21.5. The van der Waals surface area contributed by atoms with Crippen LogP contribution in [0.15, 0.2) is 12.4 Å². The number of aromatic nitrogens is 2. The molecule has 0 N–H and O–H groups in total. The van der Waals surface area contributed by atoms with Gasteiger partial charge in [-0.15, -0.1) is 0 Å². The fraction of sp³-hybridized carbons (Fsp3) is 0.765. The Morgan fingerprint density at radius 3 is 2.83 bits per heavy atom. The molecule has 1 aromatic rings. The minimum Gasteiger partial charge on any atom is -0.378 e. The molecule has 134 valence electrons. The number of ether oxygens (including phenoxy) is 2. The first-order valence-electron chi connectivity index (χ1n) is 8.86. The quantitative estimate of drug-likeness (QED) is 0.794. The highest BCUT2D eigenvalue weighted by Crippen LogP contribution is 2.22. The molecule has 1 atom stereocenters. The third-order valence-electron chi connectivity index (χ3n) is 4.74. The van der Waals surface area contributed by atoms with E-state index >= 15 is 0 Å². The Kier molecular flexibility index (Phi) is 5.53. The summed E-state index contributed by atoms with van der Waals surface area (Å²) < 4.78 is 13.4. The summed E-state index contributed by atoms with van der Waals surface area (Å²) >= 11 is 0. The first-order valence-corrected chi connectivity index (χ1v) is 8.86. The molecule has 2 aliphatic heterocycles. The van der Waals surface area contributed by atoms with Crippen LogP contribution in [0.1, 0.15) is 26.1 Å². The molecule has 3 heterocycles. The van der Waals surface area contributed by atoms with Gasteiger partial charge in [0.1, 0.15) is 5.82 Å². The predicted octanol–water partition coefficient (Wildman–Crippen LogP) is 0.743. The van der Waals surface area contributed by atoms with E-state index in [0.29, 0.717) is 39.5 Å². The molecule has 7 nitrogen and oxygen atoms in total. The van der Waals surface area contributed by atoms with Crippen molar-refractivity contribution in [3.8, 4) is 0 Å². The predicted molar refractivity (Wildman–Crippen MR) is 89.6 cm³/mol. The van der Waals surface area contributed by atoms with Crippen molar-refractivity contribution >= 4 is 5.91 Å². The standard InChI is InChI=1S/C17H28N4O3/c1-3-5-20-6-4-18-15(20)13-19-7-12-24-17(2,14-19)16(22)21-8-10-23-11-9-21/h4,6H,3,5,7-14H2,1-2H3/t17-/m0/s1. The SMILES string of the molecule is CCCn1ccnc1CN1CCO[C@](C)(C(=O)N2CCOCC2)C1. The summed E-state index contributed by atoms with van der Waals surface area (Å²) in [6.45, 7) is 10.3. The molecule has 0 radical (unpaired) electrons. The highest BCUT2D eigenvalue weighted by atomic mass is 16.5. The summed E-state index contributed by atoms with van der Waals surface area (Å²) in [7, 11) is 0. The van der Waals surface area contributed by atoms with Crippen molar-refractivity contribution in [1.82, 2.24) is 19.4 Å². The monoisotopic (exact) mass is 336 g/mol. The first kappa shape index (κ1) is 17.4. The van der Waals surface area contributed by atoms with E-state index in [1.165, 1.54) is 0 Å². The van der Waals surface area contributed by atoms with E-state index in [9.17, 15) is 4.79 Å². The topological polar surface area (TPSA) is 59.8 Å². The molecule has 1 aromatic heterocycles. The summed E-state index contributed by atoms with van der Waals surface area (Å²) in [6, 6.07) is 0. The third-order valence-corrected chi connectivity index (χ3v) is 4.74. The Balaban J connectivity index is 1.64. The van der Waals surface area contributed by atoms with Gasteiger partial charge in [0.2, 0.25) is 0 Å². The van der Waals surface area contributed by atoms with Crippen LogP contribution in [-0.4, -0.2) is 76.9 Å². The normalized spacial score (nSPS) is 25.8. The van der Waals surface area contributed by atoms with Crippen molar-refractivity contribution in [2.45, 2.75) is 39.0 Å². The zero-order valence-electron chi connectivity index (χ0n) is 14.7. The maximum Gasteiger partial charge on any atom is 0.256 e. The average Bonchev–Trinajstić information content (AvgIpc) is 3.02. The molecule has 0 unspecified atom stereocenters. The molecule has 1 amide bonds. The van der Waals surface area contributed by atoms with E-state index in [2.05, 4.69) is 21.4 Å². The largest absolute Gasteiger partial charge is 0.378 e. The minimum absolute atomic E-state index is 0.0763. The van der Waals surface area contributed by atoms with Gasteiger partial charge in [0, 0.05) is 45.1 Å². The van der Waals surface area contributed by atoms with Gasteiger partial charge in [0.25, 0.3) is 5.91 Å². The number of rotatable bonds is 5. The summed E-state index contributed by atoms with van der Waals surface area (Å²) in [5.74, 6) is 1.13. The molecule has 0 spiro atoms. The lowest BCUT2D eigenvalue weighted by Gasteiger charge is -2.42. The van der Waals surface area contributed by atoms with Crippen molar-refractivity contribution in [2.24, 2.45) is 0 Å². The van der Waals surface area contributed by atoms with E-state index < -0.39 is 5.60 Å². The molecule has 7 heteroatoms. The Hall–Kier alpha value is -1.44. The maximum atomic E-state index is 12.9. The molecule has 0 aliphatic carbocycles. The van der Waals surface area contributed by atoms with Crippen molar-refractivity contribution in [1.29, 1.82) is 0 Å². The van der Waals surface area contributed by atoms with E-state index in [1.807, 2.05) is 24.2 Å². The zero-order valence-corrected chi connectivity index (χ0v) is 14.7. The number of amides is 1. The number of hydrogen-bond acceptors (Lipinski definition) is 5. The highest BCUT2D eigenvalue weighted by molar-refractivity contribution is 5.85. The van der Waals surface area contributed by atoms with Crippen LogP contribution in [-0.2, 0) is 27.4 Å². The maximum absolute atomic E-state index is 12.9. The molecule has 0 bridgehead atoms. The molecule has 0 aromatic carbocycles. The van der Waals surface area contributed by atoms with Gasteiger partial charge in [0.05, 0.1) is 26.4 Å².